The summed E-state index contributed by atoms with van der Waals surface area (Å²) in [5.74, 6) is 4.67. The average Bonchev–Trinajstić information content (AvgIpc) is 1.88. The molecule has 0 saturated heterocycles. The topological polar surface area (TPSA) is 50.9 Å². The van der Waals surface area contributed by atoms with Gasteiger partial charge in [-0.3, -0.25) is 16.3 Å². The second-order valence-electron chi connectivity index (χ2n) is 1.89. The van der Waals surface area contributed by atoms with Crippen LogP contribution in [0, 0.1) is 5.82 Å². The van der Waals surface area contributed by atoms with Gasteiger partial charge >= 0.3 is 0 Å². The van der Waals surface area contributed by atoms with Crippen LogP contribution in [0.5, 0.6) is 0 Å². The van der Waals surface area contributed by atoms with Crippen molar-refractivity contribution in [2.75, 3.05) is 0 Å². The molecule has 1 aromatic rings. The maximum Gasteiger partial charge on any atom is 0.141 e. The second kappa shape index (κ2) is 7.24. The molecular weight excluding hydrogens is 204 g/mol. The molecule has 12 heavy (non-hydrogen) atoms. The van der Waals surface area contributed by atoms with Crippen molar-refractivity contribution in [2.45, 2.75) is 6.54 Å². The van der Waals surface area contributed by atoms with Crippen molar-refractivity contribution in [1.29, 1.82) is 0 Å². The minimum atomic E-state index is -0.340. The Morgan fingerprint density at radius 3 is 2.58 bits per heavy atom. The molecule has 1 heterocycles. The van der Waals surface area contributed by atoms with E-state index in [-0.39, 0.29) is 30.6 Å². The number of hydrazine groups is 1. The summed E-state index contributed by atoms with van der Waals surface area (Å²) in [5.41, 5.74) is 3.14. The van der Waals surface area contributed by atoms with Crippen LogP contribution in [0.25, 0.3) is 0 Å². The Morgan fingerprint density at radius 2 is 2.08 bits per heavy atom. The van der Waals surface area contributed by atoms with Crippen LogP contribution in [0.15, 0.2) is 18.5 Å². The van der Waals surface area contributed by atoms with Crippen molar-refractivity contribution in [2.24, 2.45) is 5.84 Å². The first-order valence-electron chi connectivity index (χ1n) is 2.86. The van der Waals surface area contributed by atoms with Crippen LogP contribution in [0.4, 0.5) is 4.39 Å². The van der Waals surface area contributed by atoms with Crippen molar-refractivity contribution in [3.05, 3.63) is 29.8 Å². The summed E-state index contributed by atoms with van der Waals surface area (Å²) in [5, 5.41) is 0. The lowest BCUT2D eigenvalue weighted by Crippen LogP contribution is -2.20. The predicted octanol–water partition coefficient (Wildman–Crippen LogP) is 1.03. The Balaban J connectivity index is 0. The van der Waals surface area contributed by atoms with E-state index in [2.05, 4.69) is 10.4 Å². The first-order chi connectivity index (χ1) is 4.83. The molecular formula is C6H10Cl2FN3. The zero-order chi connectivity index (χ0) is 7.40. The molecule has 0 atom stereocenters. The summed E-state index contributed by atoms with van der Waals surface area (Å²) in [6.07, 6.45) is 2.71. The van der Waals surface area contributed by atoms with Gasteiger partial charge in [-0.1, -0.05) is 0 Å². The van der Waals surface area contributed by atoms with E-state index in [0.29, 0.717) is 6.54 Å². The minimum absolute atomic E-state index is 0. The first-order valence-corrected chi connectivity index (χ1v) is 2.86. The second-order valence-corrected chi connectivity index (χ2v) is 1.89. The number of pyridine rings is 1. The van der Waals surface area contributed by atoms with Gasteiger partial charge in [-0.15, -0.1) is 24.8 Å². The lowest BCUT2D eigenvalue weighted by atomic mass is 10.3. The number of nitrogens with one attached hydrogen (secondary N) is 1. The van der Waals surface area contributed by atoms with Gasteiger partial charge in [-0.05, 0) is 11.6 Å². The molecule has 0 spiro atoms. The summed E-state index contributed by atoms with van der Waals surface area (Å²) >= 11 is 0. The fourth-order valence-electron chi connectivity index (χ4n) is 0.670. The third-order valence-corrected chi connectivity index (χ3v) is 1.07. The molecule has 0 radical (unpaired) electrons. The predicted molar refractivity (Wildman–Crippen MR) is 49.7 cm³/mol. The summed E-state index contributed by atoms with van der Waals surface area (Å²) in [7, 11) is 0. The van der Waals surface area contributed by atoms with Gasteiger partial charge < -0.3 is 0 Å². The van der Waals surface area contributed by atoms with E-state index in [9.17, 15) is 4.39 Å². The Morgan fingerprint density at radius 1 is 1.42 bits per heavy atom. The molecule has 0 bridgehead atoms. The number of rotatable bonds is 2. The lowest BCUT2D eigenvalue weighted by molar-refractivity contribution is 0.615. The van der Waals surface area contributed by atoms with Gasteiger partial charge in [0.2, 0.25) is 0 Å². The van der Waals surface area contributed by atoms with Crippen LogP contribution in [-0.4, -0.2) is 4.98 Å². The Labute approximate surface area is 82.3 Å². The molecule has 3 nitrogen and oxygen atoms in total. The van der Waals surface area contributed by atoms with Gasteiger partial charge in [0.1, 0.15) is 5.82 Å². The number of nitrogens with two attached hydrogens (primary N) is 1. The molecule has 0 unspecified atom stereocenters. The molecule has 0 aliphatic rings. The van der Waals surface area contributed by atoms with E-state index in [1.165, 1.54) is 6.07 Å². The summed E-state index contributed by atoms with van der Waals surface area (Å²) < 4.78 is 12.4. The fraction of sp³-hybridized carbons (Fsp3) is 0.167. The monoisotopic (exact) mass is 213 g/mol. The molecule has 0 aliphatic carbocycles. The molecule has 0 fully saturated rings. The maximum absolute atomic E-state index is 12.4. The van der Waals surface area contributed by atoms with E-state index in [1.54, 1.807) is 6.20 Å². The van der Waals surface area contributed by atoms with Crippen molar-refractivity contribution in [3.8, 4) is 0 Å². The molecule has 6 heteroatoms. The lowest BCUT2D eigenvalue weighted by Gasteiger charge is -1.96. The number of nitrogens with zero attached hydrogens (tertiary/aromatic N) is 1. The van der Waals surface area contributed by atoms with Crippen LogP contribution in [0.1, 0.15) is 5.56 Å². The van der Waals surface area contributed by atoms with Crippen LogP contribution < -0.4 is 11.3 Å². The SMILES string of the molecule is Cl.Cl.NNCc1cncc(F)c1. The summed E-state index contributed by atoms with van der Waals surface area (Å²) in [6, 6.07) is 1.38. The van der Waals surface area contributed by atoms with Gasteiger partial charge in [0.05, 0.1) is 6.20 Å². The fourth-order valence-corrected chi connectivity index (χ4v) is 0.670. The molecule has 0 saturated carbocycles. The van der Waals surface area contributed by atoms with Crippen molar-refractivity contribution in [1.82, 2.24) is 10.4 Å². The van der Waals surface area contributed by atoms with Gasteiger partial charge in [-0.2, -0.15) is 0 Å². The van der Waals surface area contributed by atoms with Crippen molar-refractivity contribution < 1.29 is 4.39 Å². The van der Waals surface area contributed by atoms with Crippen LogP contribution >= 0.6 is 24.8 Å². The highest BCUT2D eigenvalue weighted by Crippen LogP contribution is 1.98. The van der Waals surface area contributed by atoms with Gasteiger partial charge in [0.15, 0.2) is 0 Å². The van der Waals surface area contributed by atoms with E-state index >= 15 is 0 Å². The molecule has 3 N–H and O–H groups in total. The Bertz CT molecular complexity index is 222. The molecule has 1 aromatic heterocycles. The molecule has 70 valence electrons. The normalized spacial score (nSPS) is 8.17. The van der Waals surface area contributed by atoms with E-state index in [0.717, 1.165) is 11.8 Å². The highest BCUT2D eigenvalue weighted by Gasteiger charge is 1.92. The van der Waals surface area contributed by atoms with E-state index < -0.39 is 0 Å². The standard InChI is InChI=1S/C6H8FN3.2ClH/c7-6-1-5(3-10-8)2-9-4-6;;/h1-2,4,10H,3,8H2;2*1H. The Hall–Kier alpha value is -0.420. The average molecular weight is 214 g/mol. The third kappa shape index (κ3) is 4.46. The van der Waals surface area contributed by atoms with Gasteiger partial charge in [0, 0.05) is 12.7 Å². The minimum Gasteiger partial charge on any atom is -0.271 e. The molecule has 1 rings (SSSR count). The number of halogens is 3. The quantitative estimate of drug-likeness (QED) is 0.571. The Kier molecular flexibility index (Phi) is 8.52. The summed E-state index contributed by atoms with van der Waals surface area (Å²) in [6.45, 7) is 0.435. The first kappa shape index (κ1) is 14.1. The van der Waals surface area contributed by atoms with E-state index in [1.807, 2.05) is 0 Å². The van der Waals surface area contributed by atoms with Crippen molar-refractivity contribution in [3.63, 3.8) is 0 Å². The third-order valence-electron chi connectivity index (χ3n) is 1.07. The number of hydrogen-bond donors (Lipinski definition) is 2. The van der Waals surface area contributed by atoms with Gasteiger partial charge in [-0.25, -0.2) is 4.39 Å². The smallest absolute Gasteiger partial charge is 0.141 e. The largest absolute Gasteiger partial charge is 0.271 e. The summed E-state index contributed by atoms with van der Waals surface area (Å²) in [4.78, 5) is 3.63. The molecule has 0 amide bonds. The maximum atomic E-state index is 12.4. The highest BCUT2D eigenvalue weighted by atomic mass is 35.5. The zero-order valence-corrected chi connectivity index (χ0v) is 7.79. The van der Waals surface area contributed by atoms with Crippen LogP contribution in [-0.2, 0) is 6.54 Å². The molecule has 0 aromatic carbocycles. The highest BCUT2D eigenvalue weighted by molar-refractivity contribution is 5.85. The number of hydrogen-bond acceptors (Lipinski definition) is 3. The van der Waals surface area contributed by atoms with Crippen molar-refractivity contribution >= 4 is 24.8 Å². The van der Waals surface area contributed by atoms with Crippen LogP contribution in [0.2, 0.25) is 0 Å². The zero-order valence-electron chi connectivity index (χ0n) is 6.16. The molecule has 0 aliphatic heterocycles. The van der Waals surface area contributed by atoms with Gasteiger partial charge in [0.25, 0.3) is 0 Å². The van der Waals surface area contributed by atoms with Crippen LogP contribution in [0.3, 0.4) is 0 Å². The number of aromatic nitrogens is 1. The van der Waals surface area contributed by atoms with E-state index in [4.69, 9.17) is 5.84 Å².